The molecule has 3 nitrogen and oxygen atoms in total. The minimum atomic E-state index is -1.32. The van der Waals surface area contributed by atoms with Crippen LogP contribution in [0.25, 0.3) is 0 Å². The average molecular weight is 316 g/mol. The lowest BCUT2D eigenvalue weighted by Crippen LogP contribution is -2.13. The summed E-state index contributed by atoms with van der Waals surface area (Å²) in [5.74, 6) is -2.04. The summed E-state index contributed by atoms with van der Waals surface area (Å²) in [6, 6.07) is 4.33. The monoisotopic (exact) mass is 315 g/mol. The summed E-state index contributed by atoms with van der Waals surface area (Å²) in [6.07, 6.45) is -1.52. The van der Waals surface area contributed by atoms with Gasteiger partial charge in [0.15, 0.2) is 0 Å². The van der Waals surface area contributed by atoms with Gasteiger partial charge in [-0.1, -0.05) is 0 Å². The molecule has 2 atom stereocenters. The van der Waals surface area contributed by atoms with Crippen LogP contribution in [0.5, 0.6) is 0 Å². The number of nitrogens with zero attached hydrogens (tertiary/aromatic N) is 1. The summed E-state index contributed by atoms with van der Waals surface area (Å²) in [7, 11) is 0. The Hall–Kier alpha value is -1.48. The van der Waals surface area contributed by atoms with E-state index in [1.165, 1.54) is 12.1 Å². The fraction of sp³-hybridized carbons (Fsp3) is 0.333. The van der Waals surface area contributed by atoms with Gasteiger partial charge < -0.3 is 5.11 Å². The summed E-state index contributed by atoms with van der Waals surface area (Å²) < 4.78 is 27.2. The van der Waals surface area contributed by atoms with Gasteiger partial charge in [-0.3, -0.25) is 0 Å². The zero-order valence-electron chi connectivity index (χ0n) is 9.08. The molecule has 0 aliphatic heterocycles. The maximum atomic E-state index is 13.9. The van der Waals surface area contributed by atoms with Gasteiger partial charge in [0, 0.05) is 12.0 Å². The van der Waals surface area contributed by atoms with E-state index in [1.807, 2.05) is 6.07 Å². The lowest BCUT2D eigenvalue weighted by molar-refractivity contribution is 0.0694. The number of nitriles is 1. The summed E-state index contributed by atoms with van der Waals surface area (Å²) in [5.41, 5.74) is -1.63. The van der Waals surface area contributed by atoms with Crippen LogP contribution in [0, 0.1) is 22.6 Å². The van der Waals surface area contributed by atoms with E-state index >= 15 is 0 Å². The fourth-order valence-electron chi connectivity index (χ4n) is 1.88. The maximum Gasteiger partial charge on any atom is 0.336 e. The molecule has 2 rings (SSSR count). The molecule has 0 aromatic heterocycles. The molecule has 0 heterocycles. The van der Waals surface area contributed by atoms with Crippen LogP contribution in [0.15, 0.2) is 16.6 Å². The first kappa shape index (κ1) is 13.0. The number of carboxylic acid groups (broad SMARTS) is 1. The predicted molar refractivity (Wildman–Crippen MR) is 62.3 cm³/mol. The average Bonchev–Trinajstić information content (AvgIpc) is 2.96. The first-order valence-corrected chi connectivity index (χ1v) is 5.96. The number of hydrogen-bond acceptors (Lipinski definition) is 2. The van der Waals surface area contributed by atoms with Crippen molar-refractivity contribution in [3.63, 3.8) is 0 Å². The highest BCUT2D eigenvalue weighted by molar-refractivity contribution is 9.10. The summed E-state index contributed by atoms with van der Waals surface area (Å²) in [5, 5.41) is 17.9. The van der Waals surface area contributed by atoms with Gasteiger partial charge in [-0.15, -0.1) is 0 Å². The third-order valence-corrected chi connectivity index (χ3v) is 3.74. The highest BCUT2D eigenvalue weighted by Crippen LogP contribution is 2.51. The van der Waals surface area contributed by atoms with Crippen LogP contribution in [0.3, 0.4) is 0 Å². The van der Waals surface area contributed by atoms with E-state index in [4.69, 9.17) is 10.4 Å². The van der Waals surface area contributed by atoms with Gasteiger partial charge in [-0.2, -0.15) is 5.26 Å². The van der Waals surface area contributed by atoms with Crippen molar-refractivity contribution in [1.29, 1.82) is 5.26 Å². The maximum absolute atomic E-state index is 13.9. The molecule has 0 unspecified atom stereocenters. The molecule has 18 heavy (non-hydrogen) atoms. The first-order chi connectivity index (χ1) is 8.41. The number of rotatable bonds is 3. The second-order valence-corrected chi connectivity index (χ2v) is 5.16. The quantitative estimate of drug-likeness (QED) is 0.932. The number of alkyl halides is 1. The SMILES string of the molecule is N#C[C@]1(Cc2c(C(=O)O)ccc(Br)c2F)C[C@@H]1F. The van der Waals surface area contributed by atoms with Crippen LogP contribution in [0.1, 0.15) is 22.3 Å². The van der Waals surface area contributed by atoms with Crippen molar-refractivity contribution in [2.24, 2.45) is 5.41 Å². The molecule has 1 saturated carbocycles. The molecule has 0 bridgehead atoms. The smallest absolute Gasteiger partial charge is 0.336 e. The Morgan fingerprint density at radius 3 is 2.72 bits per heavy atom. The molecule has 0 spiro atoms. The van der Waals surface area contributed by atoms with E-state index in [0.29, 0.717) is 0 Å². The number of carbonyl (C=O) groups is 1. The Morgan fingerprint density at radius 2 is 2.28 bits per heavy atom. The van der Waals surface area contributed by atoms with E-state index in [0.717, 1.165) is 0 Å². The van der Waals surface area contributed by atoms with E-state index < -0.39 is 23.4 Å². The molecule has 0 radical (unpaired) electrons. The summed E-state index contributed by atoms with van der Waals surface area (Å²) in [4.78, 5) is 11.0. The van der Waals surface area contributed by atoms with Crippen molar-refractivity contribution in [3.05, 3.63) is 33.5 Å². The van der Waals surface area contributed by atoms with Crippen molar-refractivity contribution < 1.29 is 18.7 Å². The second-order valence-electron chi connectivity index (χ2n) is 4.31. The Balaban J connectivity index is 2.47. The lowest BCUT2D eigenvalue weighted by atomic mass is 9.93. The van der Waals surface area contributed by atoms with Crippen molar-refractivity contribution >= 4 is 21.9 Å². The molecule has 1 aromatic carbocycles. The molecule has 1 N–H and O–H groups in total. The largest absolute Gasteiger partial charge is 0.478 e. The standard InChI is InChI=1S/C12H8BrF2NO2/c13-8-2-1-6(11(17)18)7(10(8)15)3-12(5-16)4-9(12)14/h1-2,9H,3-4H2,(H,17,18)/t9-,12-/m0/s1. The topological polar surface area (TPSA) is 61.1 Å². The lowest BCUT2D eigenvalue weighted by Gasteiger charge is -2.11. The Labute approximate surface area is 110 Å². The van der Waals surface area contributed by atoms with Gasteiger partial charge in [0.2, 0.25) is 0 Å². The van der Waals surface area contributed by atoms with Gasteiger partial charge in [0.05, 0.1) is 21.5 Å². The molecule has 94 valence electrons. The number of hydrogen-bond donors (Lipinski definition) is 1. The minimum Gasteiger partial charge on any atom is -0.478 e. The molecule has 0 saturated heterocycles. The van der Waals surface area contributed by atoms with Crippen LogP contribution in [0.4, 0.5) is 8.78 Å². The molecule has 1 fully saturated rings. The summed E-state index contributed by atoms with van der Waals surface area (Å²) >= 11 is 2.95. The van der Waals surface area contributed by atoms with E-state index in [9.17, 15) is 13.6 Å². The van der Waals surface area contributed by atoms with Crippen LogP contribution >= 0.6 is 15.9 Å². The van der Waals surface area contributed by atoms with E-state index in [2.05, 4.69) is 15.9 Å². The first-order valence-electron chi connectivity index (χ1n) is 5.17. The van der Waals surface area contributed by atoms with Gasteiger partial charge in [0.1, 0.15) is 12.0 Å². The van der Waals surface area contributed by atoms with Gasteiger partial charge in [-0.25, -0.2) is 13.6 Å². The van der Waals surface area contributed by atoms with Crippen LogP contribution in [0.2, 0.25) is 0 Å². The highest BCUT2D eigenvalue weighted by Gasteiger charge is 2.56. The van der Waals surface area contributed by atoms with E-state index in [1.54, 1.807) is 0 Å². The fourth-order valence-corrected chi connectivity index (χ4v) is 2.25. The molecule has 1 aromatic rings. The van der Waals surface area contributed by atoms with Gasteiger partial charge in [0.25, 0.3) is 0 Å². The van der Waals surface area contributed by atoms with Crippen molar-refractivity contribution in [2.75, 3.05) is 0 Å². The number of aromatic carboxylic acids is 1. The normalized spacial score (nSPS) is 25.6. The van der Waals surface area contributed by atoms with Crippen molar-refractivity contribution in [1.82, 2.24) is 0 Å². The number of carboxylic acids is 1. The van der Waals surface area contributed by atoms with Gasteiger partial charge >= 0.3 is 5.97 Å². The van der Waals surface area contributed by atoms with Crippen LogP contribution in [-0.2, 0) is 6.42 Å². The molecular weight excluding hydrogens is 308 g/mol. The zero-order chi connectivity index (χ0) is 13.5. The highest BCUT2D eigenvalue weighted by atomic mass is 79.9. The zero-order valence-corrected chi connectivity index (χ0v) is 10.7. The summed E-state index contributed by atoms with van der Waals surface area (Å²) in [6.45, 7) is 0. The molecular formula is C12H8BrF2NO2. The van der Waals surface area contributed by atoms with Crippen molar-refractivity contribution in [3.8, 4) is 6.07 Å². The van der Waals surface area contributed by atoms with Gasteiger partial charge in [-0.05, 0) is 34.5 Å². The molecule has 1 aliphatic rings. The predicted octanol–water partition coefficient (Wildman–Crippen LogP) is 3.08. The Bertz CT molecular complexity index is 570. The van der Waals surface area contributed by atoms with Crippen LogP contribution < -0.4 is 0 Å². The Morgan fingerprint density at radius 1 is 1.67 bits per heavy atom. The Kier molecular flexibility index (Phi) is 3.11. The number of benzene rings is 1. The number of halogens is 3. The molecule has 1 aliphatic carbocycles. The molecule has 6 heteroatoms. The van der Waals surface area contributed by atoms with Crippen LogP contribution in [-0.4, -0.2) is 17.2 Å². The third kappa shape index (κ3) is 1.99. The van der Waals surface area contributed by atoms with Crippen molar-refractivity contribution in [2.45, 2.75) is 19.0 Å². The minimum absolute atomic E-state index is 0.0223. The molecule has 0 amide bonds. The third-order valence-electron chi connectivity index (χ3n) is 3.12. The second kappa shape index (κ2) is 4.32. The van der Waals surface area contributed by atoms with E-state index in [-0.39, 0.29) is 28.4 Å².